The minimum absolute atomic E-state index is 0.115. The van der Waals surface area contributed by atoms with Crippen LogP contribution < -0.4 is 68.1 Å². The highest BCUT2D eigenvalue weighted by molar-refractivity contribution is 5.87. The van der Waals surface area contributed by atoms with Gasteiger partial charge in [0, 0.05) is 263 Å². The van der Waals surface area contributed by atoms with Crippen LogP contribution in [0.2, 0.25) is 0 Å². The molecular weight excluding hydrogens is 1830 g/mol. The van der Waals surface area contributed by atoms with Crippen LogP contribution in [0.5, 0.6) is 46.0 Å². The first-order valence-corrected chi connectivity index (χ1v) is 48.8. The number of aliphatic hydroxyl groups is 1. The molecule has 0 saturated heterocycles. The first-order chi connectivity index (χ1) is 69.8. The molecular formula is C112H137N23O10. The van der Waals surface area contributed by atoms with Gasteiger partial charge in [-0.1, -0.05) is 83.1 Å². The molecule has 17 rings (SSSR count). The molecule has 4 unspecified atom stereocenters. The topological polar surface area (TPSA) is 320 Å². The van der Waals surface area contributed by atoms with E-state index in [1.807, 2.05) is 176 Å². The van der Waals surface area contributed by atoms with E-state index in [-0.39, 0.29) is 36.6 Å². The Hall–Kier alpha value is -15.3. The van der Waals surface area contributed by atoms with Crippen LogP contribution in [0.25, 0.3) is 89.2 Å². The average molecular weight is 1970 g/mol. The molecule has 0 saturated carbocycles. The predicted molar refractivity (Wildman–Crippen MR) is 577 cm³/mol. The van der Waals surface area contributed by atoms with Gasteiger partial charge in [0.1, 0.15) is 46.0 Å². The number of aromatic nitrogens is 17. The molecule has 4 atom stereocenters. The van der Waals surface area contributed by atoms with Gasteiger partial charge in [0.15, 0.2) is 0 Å². The van der Waals surface area contributed by atoms with Crippen LogP contribution in [0.3, 0.4) is 0 Å². The molecule has 0 radical (unpaired) electrons. The SMILES string of the molecule is COc1cc(OC)cc(N(CC(NC(C)C)C(C)C)c2ccc3ncc(-c4cnn(C)c4)nc3c2)c1.COc1cc(OC)cc(N(CC(OCC(O)C(C)C)C(C)C)c2ccc3ncc(-c4cnn(C)c4)nc3c2)c1.COc1cc(OC)cc(N(CCn2cccc2)c2ccc3ncc(-c4cnn(C)c4)nc3c2)c1.COc1cc(OC)cc(N(c2ccc3ncc(-c4cnn(C)c4)nc3c2)C(CNC(C)C)C(C)C)c1. The van der Waals surface area contributed by atoms with Crippen LogP contribution in [0.4, 0.5) is 45.5 Å². The second kappa shape index (κ2) is 49.1. The highest BCUT2D eigenvalue weighted by Crippen LogP contribution is 2.42. The summed E-state index contributed by atoms with van der Waals surface area (Å²) in [5, 5.41) is 34.8. The maximum atomic E-state index is 10.4. The minimum atomic E-state index is -0.529. The van der Waals surface area contributed by atoms with E-state index in [1.54, 1.807) is 125 Å². The van der Waals surface area contributed by atoms with Crippen molar-refractivity contribution in [1.29, 1.82) is 0 Å². The van der Waals surface area contributed by atoms with Crippen molar-refractivity contribution < 1.29 is 47.7 Å². The molecule has 0 aliphatic rings. The lowest BCUT2D eigenvalue weighted by Gasteiger charge is -2.37. The Morgan fingerprint density at radius 2 is 0.655 bits per heavy atom. The van der Waals surface area contributed by atoms with E-state index in [2.05, 4.69) is 205 Å². The van der Waals surface area contributed by atoms with E-state index >= 15 is 0 Å². The molecule has 0 fully saturated rings. The number of anilines is 8. The molecule has 33 nitrogen and oxygen atoms in total. The standard InChI is InChI=1S/C30H39N5O4.2C28H36N6O2.C26H26N6O2/c1-19(2)29(36)18-39-30(20(3)4)17-35(23-10-24(37-6)13-25(11-23)38-7)22-8-9-26-27(12-22)33-28(15-31-26)21-14-32-34(5)16-21;1-18(2)28(16-29-19(3)4)34(22-10-23(35-6)13-24(11-22)36-7)21-8-9-25-26(12-21)32-27(15-30-25)20-14-31-33(5)17-20;1-18(2)28(31-19(3)4)17-34(22-10-23(35-6)13-24(11-22)36-7)21-8-9-25-26(12-21)32-27(15-29-25)20-14-30-33(5)16-20;1-30-18-19(16-28-30)26-17-27-24-7-6-20(14-25(24)29-26)32(11-10-31-8-4-5-9-31)21-12-22(33-2)15-23(13-21)34-3/h8-16,19-20,29-30,36H,17-18H2,1-7H3;8-15,17-19,28-29H,16H2,1-7H3;8-16,18-19,28,31H,17H2,1-7H3;4-9,12-18H,10-11H2,1-3H3. The Balaban J connectivity index is 0.000000153. The van der Waals surface area contributed by atoms with Crippen LogP contribution in [-0.4, -0.2) is 215 Å². The number of nitrogens with one attached hydrogen (secondary N) is 2. The predicted octanol–water partition coefficient (Wildman–Crippen LogP) is 20.3. The van der Waals surface area contributed by atoms with Crippen LogP contribution in [0.15, 0.2) is 244 Å². The van der Waals surface area contributed by atoms with Gasteiger partial charge in [-0.3, -0.25) is 38.7 Å². The summed E-state index contributed by atoms with van der Waals surface area (Å²) in [5.41, 5.74) is 21.2. The van der Waals surface area contributed by atoms with E-state index < -0.39 is 6.10 Å². The first kappa shape index (κ1) is 105. The number of aryl methyl sites for hydroxylation is 4. The van der Waals surface area contributed by atoms with Crippen LogP contribution in [-0.2, 0) is 39.5 Å². The summed E-state index contributed by atoms with van der Waals surface area (Å²) in [6.07, 6.45) is 25.5. The molecule has 9 heterocycles. The van der Waals surface area contributed by atoms with Gasteiger partial charge in [0.05, 0.1) is 192 Å². The second-order valence-corrected chi connectivity index (χ2v) is 37.7. The van der Waals surface area contributed by atoms with E-state index in [4.69, 9.17) is 62.6 Å². The second-order valence-electron chi connectivity index (χ2n) is 37.7. The van der Waals surface area contributed by atoms with Crippen molar-refractivity contribution in [2.24, 2.45) is 51.9 Å². The van der Waals surface area contributed by atoms with Gasteiger partial charge in [0.2, 0.25) is 0 Å². The number of methoxy groups -OCH3 is 8. The zero-order valence-electron chi connectivity index (χ0n) is 87.6. The van der Waals surface area contributed by atoms with Crippen molar-refractivity contribution in [2.75, 3.05) is 109 Å². The summed E-state index contributed by atoms with van der Waals surface area (Å²) in [5.74, 6) is 6.93. The van der Waals surface area contributed by atoms with Gasteiger partial charge in [-0.15, -0.1) is 0 Å². The summed E-state index contributed by atoms with van der Waals surface area (Å²) in [4.78, 5) is 47.3. The summed E-state index contributed by atoms with van der Waals surface area (Å²) < 4.78 is 60.1. The minimum Gasteiger partial charge on any atom is -0.497 e. The monoisotopic (exact) mass is 1960 g/mol. The van der Waals surface area contributed by atoms with Crippen molar-refractivity contribution in [3.8, 4) is 91.0 Å². The van der Waals surface area contributed by atoms with Gasteiger partial charge in [0.25, 0.3) is 0 Å². The largest absolute Gasteiger partial charge is 0.497 e. The van der Waals surface area contributed by atoms with Crippen LogP contribution in [0, 0.1) is 23.7 Å². The van der Waals surface area contributed by atoms with E-state index in [9.17, 15) is 5.11 Å². The number of fused-ring (bicyclic) bond motifs is 4. The molecule has 760 valence electrons. The Labute approximate surface area is 849 Å². The fraction of sp³-hybridized carbons (Fsp3) is 0.357. The molecule has 0 amide bonds. The van der Waals surface area contributed by atoms with Crippen molar-refractivity contribution in [2.45, 2.75) is 126 Å². The number of hydrogen-bond acceptors (Lipinski definition) is 28. The third-order valence-electron chi connectivity index (χ3n) is 25.0. The highest BCUT2D eigenvalue weighted by atomic mass is 16.5. The smallest absolute Gasteiger partial charge is 0.124 e. The molecule has 8 aromatic carbocycles. The maximum Gasteiger partial charge on any atom is 0.124 e. The quantitative estimate of drug-likeness (QED) is 0.0321. The molecule has 17 aromatic rings. The maximum absolute atomic E-state index is 10.4. The Kier molecular flexibility index (Phi) is 35.7. The lowest BCUT2D eigenvalue weighted by Crippen LogP contribution is -2.45. The average Bonchev–Trinajstić information content (AvgIpc) is 1.52. The lowest BCUT2D eigenvalue weighted by molar-refractivity contribution is -0.0379. The van der Waals surface area contributed by atoms with Crippen molar-refractivity contribution in [3.63, 3.8) is 0 Å². The molecule has 33 heteroatoms. The molecule has 0 aliphatic carbocycles. The summed E-state index contributed by atoms with van der Waals surface area (Å²) in [7, 11) is 20.9. The van der Waals surface area contributed by atoms with Crippen molar-refractivity contribution in [1.82, 2.24) is 94.2 Å². The number of hydrogen-bond donors (Lipinski definition) is 3. The Bertz CT molecular complexity index is 7010. The summed E-state index contributed by atoms with van der Waals surface area (Å²) in [6, 6.07) is 53.6. The van der Waals surface area contributed by atoms with Gasteiger partial charge >= 0.3 is 0 Å². The number of nitrogens with zero attached hydrogens (tertiary/aromatic N) is 21. The molecule has 9 aromatic heterocycles. The number of rotatable bonds is 40. The molecule has 0 spiro atoms. The lowest BCUT2D eigenvalue weighted by atomic mass is 9.99. The van der Waals surface area contributed by atoms with E-state index in [0.29, 0.717) is 42.0 Å². The van der Waals surface area contributed by atoms with E-state index in [1.165, 1.54) is 0 Å². The van der Waals surface area contributed by atoms with Gasteiger partial charge in [-0.25, -0.2) is 19.9 Å². The molecule has 3 N–H and O–H groups in total. The van der Waals surface area contributed by atoms with E-state index in [0.717, 1.165) is 195 Å². The Morgan fingerprint density at radius 3 is 0.959 bits per heavy atom. The van der Waals surface area contributed by atoms with Crippen LogP contribution >= 0.6 is 0 Å². The van der Waals surface area contributed by atoms with Crippen LogP contribution in [0.1, 0.15) is 83.1 Å². The van der Waals surface area contributed by atoms with Crippen molar-refractivity contribution >= 4 is 89.6 Å². The highest BCUT2D eigenvalue weighted by Gasteiger charge is 2.30. The fourth-order valence-corrected chi connectivity index (χ4v) is 16.7. The molecule has 0 aliphatic heterocycles. The third kappa shape index (κ3) is 27.4. The third-order valence-corrected chi connectivity index (χ3v) is 25.0. The first-order valence-electron chi connectivity index (χ1n) is 48.8. The molecule has 145 heavy (non-hydrogen) atoms. The zero-order chi connectivity index (χ0) is 103. The summed E-state index contributed by atoms with van der Waals surface area (Å²) in [6.45, 7) is 29.9. The molecule has 0 bridgehead atoms. The normalized spacial score (nSPS) is 12.3. The number of benzene rings is 8. The fourth-order valence-electron chi connectivity index (χ4n) is 16.7. The number of ether oxygens (including phenoxy) is 9. The number of aliphatic hydroxyl groups excluding tert-OH is 1. The van der Waals surface area contributed by atoms with Crippen molar-refractivity contribution in [3.05, 3.63) is 244 Å². The van der Waals surface area contributed by atoms with Gasteiger partial charge in [-0.2, -0.15) is 20.4 Å². The Morgan fingerprint density at radius 1 is 0.331 bits per heavy atom. The zero-order valence-corrected chi connectivity index (χ0v) is 87.6. The van der Waals surface area contributed by atoms with Gasteiger partial charge in [-0.05, 0) is 109 Å². The van der Waals surface area contributed by atoms with Gasteiger partial charge < -0.3 is 82.5 Å². The summed E-state index contributed by atoms with van der Waals surface area (Å²) >= 11 is 0.